The summed E-state index contributed by atoms with van der Waals surface area (Å²) in [5.41, 5.74) is -0.669. The van der Waals surface area contributed by atoms with Gasteiger partial charge in [-0.15, -0.1) is 0 Å². The third-order valence-electron chi connectivity index (χ3n) is 4.64. The van der Waals surface area contributed by atoms with Crippen LogP contribution in [0.3, 0.4) is 0 Å². The molecule has 2 rings (SSSR count). The quantitative estimate of drug-likeness (QED) is 0.654. The van der Waals surface area contributed by atoms with Crippen LogP contribution in [0.15, 0.2) is 0 Å². The standard InChI is InChI=1S/C15H28N2O2/c1-2-12-5-7-15(19,8-6-12)11-17-14(18)10-16-9-13-3-4-13/h12-13,16,19H,2-11H2,1H3,(H,17,18). The fourth-order valence-corrected chi connectivity index (χ4v) is 2.84. The summed E-state index contributed by atoms with van der Waals surface area (Å²) in [5, 5.41) is 16.5. The Kier molecular flexibility index (Phi) is 5.22. The highest BCUT2D eigenvalue weighted by molar-refractivity contribution is 5.78. The molecule has 0 aliphatic heterocycles. The zero-order valence-electron chi connectivity index (χ0n) is 12.1. The lowest BCUT2D eigenvalue weighted by Crippen LogP contribution is -2.47. The maximum Gasteiger partial charge on any atom is 0.234 e. The molecule has 1 amide bonds. The van der Waals surface area contributed by atoms with Gasteiger partial charge in [-0.2, -0.15) is 0 Å². The highest BCUT2D eigenvalue weighted by atomic mass is 16.3. The predicted octanol–water partition coefficient (Wildman–Crippen LogP) is 1.43. The van der Waals surface area contributed by atoms with Gasteiger partial charge < -0.3 is 15.7 Å². The summed E-state index contributed by atoms with van der Waals surface area (Å²) in [6.07, 6.45) is 7.61. The van der Waals surface area contributed by atoms with Crippen LogP contribution in [0.2, 0.25) is 0 Å². The normalized spacial score (nSPS) is 31.2. The van der Waals surface area contributed by atoms with Gasteiger partial charge in [0, 0.05) is 6.54 Å². The Morgan fingerprint density at radius 1 is 1.21 bits per heavy atom. The summed E-state index contributed by atoms with van der Waals surface area (Å²) in [4.78, 5) is 11.7. The molecule has 4 nitrogen and oxygen atoms in total. The first-order valence-electron chi connectivity index (χ1n) is 7.81. The summed E-state index contributed by atoms with van der Waals surface area (Å²) >= 11 is 0. The minimum Gasteiger partial charge on any atom is -0.388 e. The van der Waals surface area contributed by atoms with Gasteiger partial charge in [-0.3, -0.25) is 4.79 Å². The maximum absolute atomic E-state index is 11.7. The Bertz CT molecular complexity index is 295. The number of nitrogens with one attached hydrogen (secondary N) is 2. The van der Waals surface area contributed by atoms with E-state index in [4.69, 9.17) is 0 Å². The van der Waals surface area contributed by atoms with Gasteiger partial charge in [0.2, 0.25) is 5.91 Å². The minimum absolute atomic E-state index is 0.00619. The van der Waals surface area contributed by atoms with E-state index in [2.05, 4.69) is 17.6 Å². The second-order valence-corrected chi connectivity index (χ2v) is 6.43. The SMILES string of the molecule is CCC1CCC(O)(CNC(=O)CNCC2CC2)CC1. The fourth-order valence-electron chi connectivity index (χ4n) is 2.84. The molecule has 2 aliphatic rings. The van der Waals surface area contributed by atoms with Crippen molar-refractivity contribution in [2.45, 2.75) is 57.5 Å². The van der Waals surface area contributed by atoms with Gasteiger partial charge in [0.05, 0.1) is 12.1 Å². The number of carbonyl (C=O) groups excluding carboxylic acids is 1. The molecule has 0 spiro atoms. The molecule has 4 heteroatoms. The number of rotatable bonds is 7. The second kappa shape index (κ2) is 6.71. The van der Waals surface area contributed by atoms with E-state index in [-0.39, 0.29) is 5.91 Å². The van der Waals surface area contributed by atoms with E-state index in [1.807, 2.05) is 0 Å². The van der Waals surface area contributed by atoms with Gasteiger partial charge in [-0.05, 0) is 56.9 Å². The highest BCUT2D eigenvalue weighted by Gasteiger charge is 2.32. The van der Waals surface area contributed by atoms with Crippen LogP contribution < -0.4 is 10.6 Å². The predicted molar refractivity (Wildman–Crippen MR) is 75.8 cm³/mol. The number of hydrogen-bond donors (Lipinski definition) is 3. The highest BCUT2D eigenvalue weighted by Crippen LogP contribution is 2.33. The van der Waals surface area contributed by atoms with E-state index < -0.39 is 5.60 Å². The molecule has 0 atom stereocenters. The molecule has 19 heavy (non-hydrogen) atoms. The van der Waals surface area contributed by atoms with Crippen molar-refractivity contribution >= 4 is 5.91 Å². The molecular weight excluding hydrogens is 240 g/mol. The molecule has 0 aromatic rings. The number of aliphatic hydroxyl groups is 1. The van der Waals surface area contributed by atoms with E-state index in [0.717, 1.165) is 44.1 Å². The van der Waals surface area contributed by atoms with Crippen molar-refractivity contribution in [1.82, 2.24) is 10.6 Å². The van der Waals surface area contributed by atoms with Crippen LogP contribution >= 0.6 is 0 Å². The molecule has 0 unspecified atom stereocenters. The van der Waals surface area contributed by atoms with Crippen LogP contribution in [0.1, 0.15) is 51.9 Å². The van der Waals surface area contributed by atoms with E-state index >= 15 is 0 Å². The van der Waals surface area contributed by atoms with Crippen LogP contribution in [-0.4, -0.2) is 36.2 Å². The smallest absolute Gasteiger partial charge is 0.234 e. The first-order valence-corrected chi connectivity index (χ1v) is 7.81. The molecule has 0 heterocycles. The monoisotopic (exact) mass is 268 g/mol. The van der Waals surface area contributed by atoms with Crippen molar-refractivity contribution in [1.29, 1.82) is 0 Å². The van der Waals surface area contributed by atoms with Gasteiger partial charge in [0.1, 0.15) is 0 Å². The number of carbonyl (C=O) groups is 1. The molecular formula is C15H28N2O2. The molecule has 2 saturated carbocycles. The lowest BCUT2D eigenvalue weighted by Gasteiger charge is -2.35. The van der Waals surface area contributed by atoms with Crippen LogP contribution in [0.25, 0.3) is 0 Å². The van der Waals surface area contributed by atoms with E-state index in [0.29, 0.717) is 13.1 Å². The average Bonchev–Trinajstić information content (AvgIpc) is 3.22. The second-order valence-electron chi connectivity index (χ2n) is 6.43. The van der Waals surface area contributed by atoms with Crippen molar-refractivity contribution in [2.24, 2.45) is 11.8 Å². The average molecular weight is 268 g/mol. The molecule has 0 saturated heterocycles. The summed E-state index contributed by atoms with van der Waals surface area (Å²) < 4.78 is 0. The zero-order chi connectivity index (χ0) is 13.7. The van der Waals surface area contributed by atoms with E-state index in [9.17, 15) is 9.90 Å². The molecule has 0 bridgehead atoms. The van der Waals surface area contributed by atoms with E-state index in [1.54, 1.807) is 0 Å². The van der Waals surface area contributed by atoms with Gasteiger partial charge in [-0.1, -0.05) is 13.3 Å². The van der Waals surface area contributed by atoms with Crippen molar-refractivity contribution in [3.05, 3.63) is 0 Å². The van der Waals surface area contributed by atoms with Crippen LogP contribution in [0.4, 0.5) is 0 Å². The molecule has 0 aromatic heterocycles. The number of amides is 1. The topological polar surface area (TPSA) is 61.4 Å². The molecule has 0 aromatic carbocycles. The van der Waals surface area contributed by atoms with Crippen LogP contribution in [0.5, 0.6) is 0 Å². The van der Waals surface area contributed by atoms with Crippen LogP contribution in [0, 0.1) is 11.8 Å². The lowest BCUT2D eigenvalue weighted by molar-refractivity contribution is -0.122. The van der Waals surface area contributed by atoms with Gasteiger partial charge in [0.25, 0.3) is 0 Å². The number of hydrogen-bond acceptors (Lipinski definition) is 3. The van der Waals surface area contributed by atoms with Gasteiger partial charge >= 0.3 is 0 Å². The largest absolute Gasteiger partial charge is 0.388 e. The van der Waals surface area contributed by atoms with Crippen LogP contribution in [-0.2, 0) is 4.79 Å². The summed E-state index contributed by atoms with van der Waals surface area (Å²) in [5.74, 6) is 1.56. The minimum atomic E-state index is -0.669. The lowest BCUT2D eigenvalue weighted by atomic mass is 9.78. The van der Waals surface area contributed by atoms with Gasteiger partial charge in [-0.25, -0.2) is 0 Å². The third-order valence-corrected chi connectivity index (χ3v) is 4.64. The zero-order valence-corrected chi connectivity index (χ0v) is 12.1. The Labute approximate surface area is 116 Å². The molecule has 2 aliphatic carbocycles. The van der Waals surface area contributed by atoms with Crippen molar-refractivity contribution in [3.8, 4) is 0 Å². The van der Waals surface area contributed by atoms with Gasteiger partial charge in [0.15, 0.2) is 0 Å². The third kappa shape index (κ3) is 5.11. The molecule has 0 radical (unpaired) electrons. The Morgan fingerprint density at radius 3 is 2.47 bits per heavy atom. The maximum atomic E-state index is 11.7. The van der Waals surface area contributed by atoms with Crippen molar-refractivity contribution in [2.75, 3.05) is 19.6 Å². The van der Waals surface area contributed by atoms with E-state index in [1.165, 1.54) is 19.3 Å². The Balaban J connectivity index is 1.59. The van der Waals surface area contributed by atoms with Crippen molar-refractivity contribution in [3.63, 3.8) is 0 Å². The summed E-state index contributed by atoms with van der Waals surface area (Å²) in [7, 11) is 0. The summed E-state index contributed by atoms with van der Waals surface area (Å²) in [6, 6.07) is 0. The van der Waals surface area contributed by atoms with Crippen molar-refractivity contribution < 1.29 is 9.90 Å². The Morgan fingerprint density at radius 2 is 1.89 bits per heavy atom. The fraction of sp³-hybridized carbons (Fsp3) is 0.933. The summed E-state index contributed by atoms with van der Waals surface area (Å²) in [6.45, 7) is 3.95. The molecule has 3 N–H and O–H groups in total. The Hall–Kier alpha value is -0.610. The first kappa shape index (κ1) is 14.8. The molecule has 2 fully saturated rings. The molecule has 110 valence electrons. The first-order chi connectivity index (χ1) is 9.11.